The SMILES string of the molecule is C(=C/c1ccccc1)/C[n+]1cccc2ccccc21. The molecule has 1 nitrogen and oxygen atoms in total. The Morgan fingerprint density at radius 3 is 2.42 bits per heavy atom. The summed E-state index contributed by atoms with van der Waals surface area (Å²) in [5.41, 5.74) is 2.51. The third-order valence-corrected chi connectivity index (χ3v) is 3.20. The summed E-state index contributed by atoms with van der Waals surface area (Å²) in [7, 11) is 0. The van der Waals surface area contributed by atoms with Gasteiger partial charge >= 0.3 is 0 Å². The van der Waals surface area contributed by atoms with Crippen LogP contribution in [0.25, 0.3) is 17.0 Å². The van der Waals surface area contributed by atoms with Crippen molar-refractivity contribution in [3.8, 4) is 0 Å². The number of rotatable bonds is 3. The Morgan fingerprint density at radius 2 is 1.53 bits per heavy atom. The van der Waals surface area contributed by atoms with Gasteiger partial charge in [0, 0.05) is 17.5 Å². The predicted octanol–water partition coefficient (Wildman–Crippen LogP) is 3.84. The largest absolute Gasteiger partial charge is 0.212 e. The zero-order valence-electron chi connectivity index (χ0n) is 10.7. The van der Waals surface area contributed by atoms with Crippen molar-refractivity contribution < 1.29 is 4.57 Å². The van der Waals surface area contributed by atoms with E-state index in [9.17, 15) is 0 Å². The van der Waals surface area contributed by atoms with Crippen molar-refractivity contribution in [1.29, 1.82) is 0 Å². The zero-order valence-corrected chi connectivity index (χ0v) is 10.7. The average Bonchev–Trinajstić information content (AvgIpc) is 2.49. The lowest BCUT2D eigenvalue weighted by Gasteiger charge is -1.98. The lowest BCUT2D eigenvalue weighted by Crippen LogP contribution is -2.32. The molecule has 0 bridgehead atoms. The minimum Gasteiger partial charge on any atom is -0.195 e. The minimum absolute atomic E-state index is 0.885. The van der Waals surface area contributed by atoms with Gasteiger partial charge in [0.15, 0.2) is 12.7 Å². The number of pyridine rings is 1. The number of hydrogen-bond acceptors (Lipinski definition) is 0. The van der Waals surface area contributed by atoms with Gasteiger partial charge in [0.05, 0.1) is 0 Å². The van der Waals surface area contributed by atoms with Crippen LogP contribution in [0.1, 0.15) is 5.56 Å². The first-order valence-electron chi connectivity index (χ1n) is 6.52. The number of aromatic nitrogens is 1. The van der Waals surface area contributed by atoms with Crippen molar-refractivity contribution in [1.82, 2.24) is 0 Å². The quantitative estimate of drug-likeness (QED) is 0.618. The van der Waals surface area contributed by atoms with Crippen LogP contribution in [0.4, 0.5) is 0 Å². The van der Waals surface area contributed by atoms with E-state index >= 15 is 0 Å². The van der Waals surface area contributed by atoms with Crippen LogP contribution >= 0.6 is 0 Å². The average molecular weight is 246 g/mol. The molecular formula is C18H16N+. The van der Waals surface area contributed by atoms with Crippen LogP contribution in [0.2, 0.25) is 0 Å². The van der Waals surface area contributed by atoms with Crippen molar-refractivity contribution in [3.05, 3.63) is 84.6 Å². The van der Waals surface area contributed by atoms with Crippen molar-refractivity contribution in [2.75, 3.05) is 0 Å². The van der Waals surface area contributed by atoms with Crippen molar-refractivity contribution in [2.24, 2.45) is 0 Å². The van der Waals surface area contributed by atoms with Crippen LogP contribution < -0.4 is 4.57 Å². The summed E-state index contributed by atoms with van der Waals surface area (Å²) in [6.45, 7) is 0.885. The molecule has 2 aromatic carbocycles. The Hall–Kier alpha value is -2.41. The van der Waals surface area contributed by atoms with Gasteiger partial charge in [0.25, 0.3) is 0 Å². The molecule has 0 N–H and O–H groups in total. The van der Waals surface area contributed by atoms with E-state index in [0.29, 0.717) is 0 Å². The van der Waals surface area contributed by atoms with Crippen LogP contribution in [0, 0.1) is 0 Å². The van der Waals surface area contributed by atoms with E-state index in [1.807, 2.05) is 6.07 Å². The second kappa shape index (κ2) is 5.49. The van der Waals surface area contributed by atoms with Gasteiger partial charge in [-0.1, -0.05) is 48.5 Å². The molecule has 0 aliphatic rings. The van der Waals surface area contributed by atoms with Crippen molar-refractivity contribution in [2.45, 2.75) is 6.54 Å². The van der Waals surface area contributed by atoms with Gasteiger partial charge in [-0.3, -0.25) is 0 Å². The summed E-state index contributed by atoms with van der Waals surface area (Å²) in [4.78, 5) is 0. The molecule has 0 saturated carbocycles. The second-order valence-electron chi connectivity index (χ2n) is 4.53. The molecule has 0 amide bonds. The van der Waals surface area contributed by atoms with Gasteiger partial charge in [0.2, 0.25) is 5.52 Å². The summed E-state index contributed by atoms with van der Waals surface area (Å²) in [6.07, 6.45) is 6.48. The van der Waals surface area contributed by atoms with E-state index in [0.717, 1.165) is 6.54 Å². The molecule has 3 rings (SSSR count). The fourth-order valence-corrected chi connectivity index (χ4v) is 2.25. The number of benzene rings is 2. The summed E-state index contributed by atoms with van der Waals surface area (Å²) < 4.78 is 2.26. The highest BCUT2D eigenvalue weighted by Crippen LogP contribution is 2.08. The Morgan fingerprint density at radius 1 is 0.789 bits per heavy atom. The third-order valence-electron chi connectivity index (χ3n) is 3.20. The van der Waals surface area contributed by atoms with Crippen LogP contribution in [0.3, 0.4) is 0 Å². The molecule has 3 aromatic rings. The van der Waals surface area contributed by atoms with Crippen LogP contribution in [-0.4, -0.2) is 0 Å². The maximum Gasteiger partial charge on any atom is 0.212 e. The Balaban J connectivity index is 1.84. The highest BCUT2D eigenvalue weighted by molar-refractivity contribution is 5.74. The second-order valence-corrected chi connectivity index (χ2v) is 4.53. The normalized spacial score (nSPS) is 11.2. The summed E-state index contributed by atoms with van der Waals surface area (Å²) in [5.74, 6) is 0. The van der Waals surface area contributed by atoms with E-state index in [2.05, 4.69) is 83.6 Å². The van der Waals surface area contributed by atoms with E-state index in [-0.39, 0.29) is 0 Å². The fourth-order valence-electron chi connectivity index (χ4n) is 2.25. The number of para-hydroxylation sites is 1. The van der Waals surface area contributed by atoms with E-state index in [1.165, 1.54) is 16.5 Å². The number of allylic oxidation sites excluding steroid dienone is 1. The molecule has 1 heteroatoms. The third kappa shape index (κ3) is 2.71. The van der Waals surface area contributed by atoms with E-state index in [1.54, 1.807) is 0 Å². The monoisotopic (exact) mass is 246 g/mol. The van der Waals surface area contributed by atoms with Crippen molar-refractivity contribution in [3.63, 3.8) is 0 Å². The molecule has 1 aromatic heterocycles. The maximum absolute atomic E-state index is 2.26. The molecule has 92 valence electrons. The highest BCUT2D eigenvalue weighted by Gasteiger charge is 2.04. The summed E-state index contributed by atoms with van der Waals surface area (Å²) in [6, 6.07) is 23.1. The van der Waals surface area contributed by atoms with E-state index in [4.69, 9.17) is 0 Å². The maximum atomic E-state index is 2.26. The fraction of sp³-hybridized carbons (Fsp3) is 0.0556. The molecule has 0 aliphatic carbocycles. The number of fused-ring (bicyclic) bond motifs is 1. The minimum atomic E-state index is 0.885. The molecule has 0 radical (unpaired) electrons. The molecule has 1 heterocycles. The van der Waals surface area contributed by atoms with Gasteiger partial charge in [-0.25, -0.2) is 0 Å². The molecule has 0 spiro atoms. The smallest absolute Gasteiger partial charge is 0.195 e. The first-order valence-corrected chi connectivity index (χ1v) is 6.52. The Bertz CT molecular complexity index is 694. The molecule has 0 unspecified atom stereocenters. The number of nitrogens with zero attached hydrogens (tertiary/aromatic N) is 1. The topological polar surface area (TPSA) is 3.88 Å². The van der Waals surface area contributed by atoms with Crippen LogP contribution in [-0.2, 0) is 6.54 Å². The Labute approximate surface area is 113 Å². The van der Waals surface area contributed by atoms with Gasteiger partial charge in [0.1, 0.15) is 0 Å². The van der Waals surface area contributed by atoms with Crippen LogP contribution in [0.15, 0.2) is 79.0 Å². The summed E-state index contributed by atoms with van der Waals surface area (Å²) in [5, 5.41) is 1.28. The van der Waals surface area contributed by atoms with Gasteiger partial charge in [-0.15, -0.1) is 0 Å². The zero-order chi connectivity index (χ0) is 12.9. The first kappa shape index (κ1) is 11.7. The molecule has 0 saturated heterocycles. The highest BCUT2D eigenvalue weighted by atomic mass is 14.9. The number of hydrogen-bond donors (Lipinski definition) is 0. The molecule has 0 fully saturated rings. The predicted molar refractivity (Wildman–Crippen MR) is 79.6 cm³/mol. The van der Waals surface area contributed by atoms with Crippen LogP contribution in [0.5, 0.6) is 0 Å². The molecule has 0 aliphatic heterocycles. The van der Waals surface area contributed by atoms with Gasteiger partial charge in [-0.05, 0) is 23.8 Å². The summed E-state index contributed by atoms with van der Waals surface area (Å²) >= 11 is 0. The van der Waals surface area contributed by atoms with Crippen molar-refractivity contribution >= 4 is 17.0 Å². The Kier molecular flexibility index (Phi) is 3.37. The van der Waals surface area contributed by atoms with E-state index < -0.39 is 0 Å². The van der Waals surface area contributed by atoms with Gasteiger partial charge in [-0.2, -0.15) is 4.57 Å². The molecule has 0 atom stereocenters. The standard InChI is InChI=1S/C18H16N/c1-2-8-16(9-3-1)10-6-14-19-15-7-12-17-11-4-5-13-18(17)19/h1-13,15H,14H2/q+1/b10-6-. The van der Waals surface area contributed by atoms with Gasteiger partial charge < -0.3 is 0 Å². The molecule has 19 heavy (non-hydrogen) atoms. The molecular weight excluding hydrogens is 230 g/mol. The first-order chi connectivity index (χ1) is 9.43. The lowest BCUT2D eigenvalue weighted by molar-refractivity contribution is -0.660. The lowest BCUT2D eigenvalue weighted by atomic mass is 10.2.